The molecule has 57 heavy (non-hydrogen) atoms. The van der Waals surface area contributed by atoms with E-state index in [1.807, 2.05) is 6.20 Å². The van der Waals surface area contributed by atoms with E-state index >= 15 is 8.78 Å². The van der Waals surface area contributed by atoms with Gasteiger partial charge in [0.15, 0.2) is 5.82 Å². The maximum atomic E-state index is 17.9. The van der Waals surface area contributed by atoms with Crippen molar-refractivity contribution in [2.75, 3.05) is 77.6 Å². The fraction of sp³-hybridized carbons (Fsp3) is 0.523. The summed E-state index contributed by atoms with van der Waals surface area (Å²) in [6, 6.07) is 6.90. The molecule has 2 bridgehead atoms. The van der Waals surface area contributed by atoms with Crippen molar-refractivity contribution in [3.8, 4) is 35.2 Å². The molecule has 2 unspecified atom stereocenters. The molecule has 6 heterocycles. The zero-order valence-electron chi connectivity index (χ0n) is 32.8. The van der Waals surface area contributed by atoms with Gasteiger partial charge in [0.25, 0.3) is 0 Å². The first-order valence-corrected chi connectivity index (χ1v) is 20.6. The highest BCUT2D eigenvalue weighted by Crippen LogP contribution is 2.49. The normalized spacial score (nSPS) is 22.5. The van der Waals surface area contributed by atoms with Crippen LogP contribution in [0.15, 0.2) is 30.5 Å². The summed E-state index contributed by atoms with van der Waals surface area (Å²) in [5, 5.41) is 17.8. The lowest BCUT2D eigenvalue weighted by Crippen LogP contribution is -2.60. The average Bonchev–Trinajstić information content (AvgIpc) is 3.42. The van der Waals surface area contributed by atoms with Gasteiger partial charge in [0.2, 0.25) is 0 Å². The Bertz CT molecular complexity index is 2400. The van der Waals surface area contributed by atoms with Crippen molar-refractivity contribution < 1.29 is 23.4 Å². The maximum Gasteiger partial charge on any atom is 0.319 e. The second kappa shape index (κ2) is 14.3. The minimum atomic E-state index is -0.649. The third kappa shape index (κ3) is 6.45. The minimum Gasteiger partial charge on any atom is -0.508 e. The molecule has 0 radical (unpaired) electrons. The van der Waals surface area contributed by atoms with E-state index < -0.39 is 11.6 Å². The molecule has 5 aromatic rings. The highest BCUT2D eigenvalue weighted by molar-refractivity contribution is 6.18. The van der Waals surface area contributed by atoms with E-state index in [0.29, 0.717) is 45.5 Å². The number of piperazine rings is 1. The highest BCUT2D eigenvalue weighted by Gasteiger charge is 2.48. The van der Waals surface area contributed by atoms with Gasteiger partial charge in [-0.15, -0.1) is 6.42 Å². The molecular formula is C44H50F2N8O3. The Balaban J connectivity index is 1.08. The van der Waals surface area contributed by atoms with Crippen LogP contribution in [0.4, 0.5) is 14.6 Å². The molecule has 5 aliphatic rings. The molecule has 5 fully saturated rings. The first-order chi connectivity index (χ1) is 27.7. The molecule has 10 rings (SSSR count). The van der Waals surface area contributed by atoms with Gasteiger partial charge in [0, 0.05) is 106 Å². The van der Waals surface area contributed by atoms with Crippen LogP contribution in [-0.4, -0.2) is 130 Å². The van der Waals surface area contributed by atoms with E-state index in [1.165, 1.54) is 44.1 Å². The number of terminal acetylenes is 1. The first kappa shape index (κ1) is 36.7. The SMILES string of the molecule is C#Cc1c(F)ccc2cc(O)cc(-c3c(F)c4nc(OCC5(CN6CC(N7CCCC7)C6)CC5)nc(N5C6CCC5CN(CCCOC)C6)c4c4cn(C)nc34)c12. The zero-order valence-corrected chi connectivity index (χ0v) is 32.8. The number of likely N-dealkylation sites (tertiary alicyclic amines) is 3. The summed E-state index contributed by atoms with van der Waals surface area (Å²) in [5.41, 5.74) is 0.794. The monoisotopic (exact) mass is 776 g/mol. The van der Waals surface area contributed by atoms with Crippen LogP contribution in [0.25, 0.3) is 43.7 Å². The Hall–Kier alpha value is -4.61. The summed E-state index contributed by atoms with van der Waals surface area (Å²) >= 11 is 0. The standard InChI is InChI=1S/C44H50F2N8O3/c1-4-32-35(45)11-8-27-18-31(55)19-33(36(27)32)37-39(46)41-38(34-24-50(2)49-40(34)37)42(54-28-9-10-29(54)21-51(20-28)14-7-17-56-3)48-43(47-41)57-26-44(12-13-44)25-52-22-30(23-52)53-15-5-6-16-53/h1,8,11,18-19,24,28-30,55H,5-7,9-10,12-17,20-23,25-26H2,2-3H3. The fourth-order valence-corrected chi connectivity index (χ4v) is 10.4. The van der Waals surface area contributed by atoms with E-state index in [2.05, 4.69) is 25.5 Å². The van der Waals surface area contributed by atoms with Gasteiger partial charge in [0.05, 0.1) is 17.6 Å². The average molecular weight is 777 g/mol. The van der Waals surface area contributed by atoms with Crippen LogP contribution >= 0.6 is 0 Å². The molecule has 3 aromatic carbocycles. The number of nitrogens with zero attached hydrogens (tertiary/aromatic N) is 8. The lowest BCUT2D eigenvalue weighted by Gasteiger charge is -2.45. The van der Waals surface area contributed by atoms with E-state index in [9.17, 15) is 5.11 Å². The van der Waals surface area contributed by atoms with Crippen molar-refractivity contribution in [3.63, 3.8) is 0 Å². The molecule has 1 aliphatic carbocycles. The second-order valence-corrected chi connectivity index (χ2v) is 17.2. The molecule has 11 nitrogen and oxygen atoms in total. The van der Waals surface area contributed by atoms with Crippen molar-refractivity contribution in [3.05, 3.63) is 47.7 Å². The van der Waals surface area contributed by atoms with Crippen molar-refractivity contribution >= 4 is 38.4 Å². The van der Waals surface area contributed by atoms with Crippen LogP contribution in [0.5, 0.6) is 11.8 Å². The van der Waals surface area contributed by atoms with Crippen LogP contribution in [-0.2, 0) is 11.8 Å². The lowest BCUT2D eigenvalue weighted by atomic mass is 9.91. The van der Waals surface area contributed by atoms with Crippen LogP contribution in [0, 0.1) is 29.4 Å². The van der Waals surface area contributed by atoms with Crippen molar-refractivity contribution in [2.45, 2.75) is 63.1 Å². The largest absolute Gasteiger partial charge is 0.508 e. The number of rotatable bonds is 12. The number of fused-ring (bicyclic) bond motifs is 6. The number of halogens is 2. The molecule has 13 heteroatoms. The summed E-state index contributed by atoms with van der Waals surface area (Å²) < 4.78 is 46.8. The molecular weight excluding hydrogens is 727 g/mol. The Kier molecular flexibility index (Phi) is 9.24. The van der Waals surface area contributed by atoms with Crippen LogP contribution in [0.3, 0.4) is 0 Å². The second-order valence-electron chi connectivity index (χ2n) is 17.2. The summed E-state index contributed by atoms with van der Waals surface area (Å²) in [7, 11) is 3.53. The Morgan fingerprint density at radius 3 is 2.44 bits per heavy atom. The number of phenolic OH excluding ortho intramolecular Hbond substituents is 1. The van der Waals surface area contributed by atoms with Crippen LogP contribution in [0.2, 0.25) is 0 Å². The molecule has 298 valence electrons. The number of methoxy groups -OCH3 is 1. The van der Waals surface area contributed by atoms with Gasteiger partial charge in [-0.3, -0.25) is 19.4 Å². The number of hydrogen-bond acceptors (Lipinski definition) is 10. The number of phenols is 1. The van der Waals surface area contributed by atoms with Gasteiger partial charge < -0.3 is 19.5 Å². The molecule has 4 saturated heterocycles. The summed E-state index contributed by atoms with van der Waals surface area (Å²) in [6.07, 6.45) is 15.4. The number of aromatic nitrogens is 4. The number of aromatic hydroxyl groups is 1. The number of hydrogen-bond donors (Lipinski definition) is 1. The molecule has 4 aliphatic heterocycles. The molecule has 0 amide bonds. The van der Waals surface area contributed by atoms with E-state index in [0.717, 1.165) is 78.0 Å². The quantitative estimate of drug-likeness (QED) is 0.122. The Morgan fingerprint density at radius 1 is 0.965 bits per heavy atom. The van der Waals surface area contributed by atoms with Gasteiger partial charge in [-0.25, -0.2) is 8.78 Å². The Labute approximate surface area is 331 Å². The van der Waals surface area contributed by atoms with E-state index in [-0.39, 0.29) is 51.5 Å². The van der Waals surface area contributed by atoms with Gasteiger partial charge in [0.1, 0.15) is 28.4 Å². The smallest absolute Gasteiger partial charge is 0.319 e. The predicted octanol–water partition coefficient (Wildman–Crippen LogP) is 5.93. The molecule has 1 saturated carbocycles. The zero-order chi connectivity index (χ0) is 39.0. The van der Waals surface area contributed by atoms with Crippen LogP contribution in [0.1, 0.15) is 50.5 Å². The number of benzene rings is 3. The number of aryl methyl sites for hydroxylation is 1. The highest BCUT2D eigenvalue weighted by atomic mass is 19.1. The predicted molar refractivity (Wildman–Crippen MR) is 217 cm³/mol. The topological polar surface area (TPSA) is 95.3 Å². The van der Waals surface area contributed by atoms with Gasteiger partial charge >= 0.3 is 6.01 Å². The molecule has 2 atom stereocenters. The maximum absolute atomic E-state index is 17.9. The third-order valence-electron chi connectivity index (χ3n) is 13.3. The molecule has 0 spiro atoms. The van der Waals surface area contributed by atoms with Crippen LogP contribution < -0.4 is 9.64 Å². The number of anilines is 1. The van der Waals surface area contributed by atoms with Crippen molar-refractivity contribution in [2.24, 2.45) is 12.5 Å². The molecule has 1 N–H and O–H groups in total. The van der Waals surface area contributed by atoms with E-state index in [4.69, 9.17) is 31.0 Å². The van der Waals surface area contributed by atoms with Gasteiger partial charge in [-0.2, -0.15) is 15.1 Å². The van der Waals surface area contributed by atoms with Gasteiger partial charge in [-0.05, 0) is 87.2 Å². The fourth-order valence-electron chi connectivity index (χ4n) is 10.4. The minimum absolute atomic E-state index is 0.0119. The molecule has 2 aromatic heterocycles. The summed E-state index contributed by atoms with van der Waals surface area (Å²) in [6.45, 7) is 9.46. The van der Waals surface area contributed by atoms with Crippen molar-refractivity contribution in [1.82, 2.24) is 34.4 Å². The van der Waals surface area contributed by atoms with E-state index in [1.54, 1.807) is 24.9 Å². The number of ether oxygens (including phenoxy) is 2. The van der Waals surface area contributed by atoms with Gasteiger partial charge in [-0.1, -0.05) is 12.0 Å². The lowest BCUT2D eigenvalue weighted by molar-refractivity contribution is 0.0248. The third-order valence-corrected chi connectivity index (χ3v) is 13.3. The Morgan fingerprint density at radius 2 is 1.72 bits per heavy atom. The summed E-state index contributed by atoms with van der Waals surface area (Å²) in [4.78, 5) is 20.2. The first-order valence-electron chi connectivity index (χ1n) is 20.6. The van der Waals surface area contributed by atoms with Crippen molar-refractivity contribution in [1.29, 1.82) is 0 Å². The summed E-state index contributed by atoms with van der Waals surface area (Å²) in [5.74, 6) is 1.77.